The van der Waals surface area contributed by atoms with Gasteiger partial charge in [-0.2, -0.15) is 0 Å². The molecule has 0 aromatic heterocycles. The van der Waals surface area contributed by atoms with Crippen molar-refractivity contribution in [2.75, 3.05) is 11.9 Å². The molecule has 3 nitrogen and oxygen atoms in total. The summed E-state index contributed by atoms with van der Waals surface area (Å²) in [6, 6.07) is 6.24. The largest absolute Gasteiger partial charge is 0.324 e. The molecule has 0 saturated carbocycles. The fraction of sp³-hybridized carbons (Fsp3) is 0.588. The smallest absolute Gasteiger partial charge is 0.241 e. The Morgan fingerprint density at radius 3 is 2.50 bits per heavy atom. The number of piperidine rings is 1. The van der Waals surface area contributed by atoms with Gasteiger partial charge in [-0.05, 0) is 49.3 Å². The minimum Gasteiger partial charge on any atom is -0.324 e. The quantitative estimate of drug-likeness (QED) is 0.885. The van der Waals surface area contributed by atoms with Crippen molar-refractivity contribution in [3.05, 3.63) is 29.3 Å². The maximum atomic E-state index is 12.5. The fourth-order valence-corrected chi connectivity index (χ4v) is 2.92. The van der Waals surface area contributed by atoms with Crippen LogP contribution in [0.1, 0.15) is 44.7 Å². The third-order valence-electron chi connectivity index (χ3n) is 4.23. The molecule has 1 aliphatic rings. The van der Waals surface area contributed by atoms with Gasteiger partial charge in [-0.1, -0.05) is 39.0 Å². The van der Waals surface area contributed by atoms with E-state index < -0.39 is 0 Å². The second-order valence-corrected chi connectivity index (χ2v) is 5.78. The van der Waals surface area contributed by atoms with Crippen LogP contribution < -0.4 is 10.6 Å². The van der Waals surface area contributed by atoms with Crippen molar-refractivity contribution in [1.29, 1.82) is 0 Å². The minimum atomic E-state index is -0.0478. The Kier molecular flexibility index (Phi) is 5.18. The van der Waals surface area contributed by atoms with Gasteiger partial charge in [0, 0.05) is 5.69 Å². The van der Waals surface area contributed by atoms with E-state index in [0.717, 1.165) is 37.9 Å². The van der Waals surface area contributed by atoms with Crippen LogP contribution in [0.4, 0.5) is 5.69 Å². The number of hydrogen-bond donors (Lipinski definition) is 2. The van der Waals surface area contributed by atoms with Gasteiger partial charge in [0.1, 0.15) is 0 Å². The first-order valence-corrected chi connectivity index (χ1v) is 7.80. The van der Waals surface area contributed by atoms with Crippen molar-refractivity contribution >= 4 is 11.6 Å². The normalized spacial score (nSPS) is 22.6. The average molecular weight is 274 g/mol. The lowest BCUT2D eigenvalue weighted by Crippen LogP contribution is -2.45. The molecule has 1 aromatic carbocycles. The molecule has 1 aliphatic heterocycles. The van der Waals surface area contributed by atoms with Crippen LogP contribution >= 0.6 is 0 Å². The van der Waals surface area contributed by atoms with Crippen molar-refractivity contribution in [1.82, 2.24) is 5.32 Å². The highest BCUT2D eigenvalue weighted by Crippen LogP contribution is 2.24. The predicted molar refractivity (Wildman–Crippen MR) is 84.0 cm³/mol. The summed E-state index contributed by atoms with van der Waals surface area (Å²) in [5.41, 5.74) is 3.48. The highest BCUT2D eigenvalue weighted by Gasteiger charge is 2.25. The van der Waals surface area contributed by atoms with E-state index in [1.165, 1.54) is 11.1 Å². The molecule has 1 aromatic rings. The molecule has 20 heavy (non-hydrogen) atoms. The summed E-state index contributed by atoms with van der Waals surface area (Å²) < 4.78 is 0. The van der Waals surface area contributed by atoms with Gasteiger partial charge in [-0.15, -0.1) is 0 Å². The lowest BCUT2D eigenvalue weighted by molar-refractivity contribution is -0.119. The lowest BCUT2D eigenvalue weighted by Gasteiger charge is -2.28. The lowest BCUT2D eigenvalue weighted by atomic mass is 9.93. The van der Waals surface area contributed by atoms with Gasteiger partial charge in [0.15, 0.2) is 0 Å². The molecule has 110 valence electrons. The SMILES string of the molecule is CCc1cccc(CC)c1NC(=O)C1CC(C)CCN1. The average Bonchev–Trinajstić information content (AvgIpc) is 2.47. The van der Waals surface area contributed by atoms with Gasteiger partial charge >= 0.3 is 0 Å². The molecule has 1 heterocycles. The van der Waals surface area contributed by atoms with E-state index in [1.807, 2.05) is 0 Å². The fourth-order valence-electron chi connectivity index (χ4n) is 2.92. The first kappa shape index (κ1) is 15.0. The Hall–Kier alpha value is -1.35. The topological polar surface area (TPSA) is 41.1 Å². The number of carbonyl (C=O) groups is 1. The van der Waals surface area contributed by atoms with Gasteiger partial charge in [0.25, 0.3) is 0 Å². The van der Waals surface area contributed by atoms with Gasteiger partial charge in [0.2, 0.25) is 5.91 Å². The summed E-state index contributed by atoms with van der Waals surface area (Å²) in [5, 5.41) is 6.50. The molecule has 3 heteroatoms. The molecule has 0 radical (unpaired) electrons. The summed E-state index contributed by atoms with van der Waals surface area (Å²) >= 11 is 0. The predicted octanol–water partition coefficient (Wildman–Crippen LogP) is 3.14. The van der Waals surface area contributed by atoms with Crippen molar-refractivity contribution in [2.24, 2.45) is 5.92 Å². The molecule has 1 fully saturated rings. The van der Waals surface area contributed by atoms with Crippen molar-refractivity contribution in [2.45, 2.75) is 52.5 Å². The molecule has 1 saturated heterocycles. The van der Waals surface area contributed by atoms with E-state index >= 15 is 0 Å². The molecule has 0 bridgehead atoms. The standard InChI is InChI=1S/C17H26N2O/c1-4-13-7-6-8-14(5-2)16(13)19-17(20)15-11-12(3)9-10-18-15/h6-8,12,15,18H,4-5,9-11H2,1-3H3,(H,19,20). The first-order chi connectivity index (χ1) is 9.65. The van der Waals surface area contributed by atoms with Crippen LogP contribution in [0.3, 0.4) is 0 Å². The molecule has 0 aliphatic carbocycles. The second-order valence-electron chi connectivity index (χ2n) is 5.78. The second kappa shape index (κ2) is 6.89. The first-order valence-electron chi connectivity index (χ1n) is 7.80. The van der Waals surface area contributed by atoms with Crippen LogP contribution in [0, 0.1) is 5.92 Å². The Labute approximate surface area is 122 Å². The van der Waals surface area contributed by atoms with Crippen molar-refractivity contribution in [3.63, 3.8) is 0 Å². The summed E-state index contributed by atoms with van der Waals surface area (Å²) in [6.07, 6.45) is 3.98. The van der Waals surface area contributed by atoms with E-state index in [9.17, 15) is 4.79 Å². The van der Waals surface area contributed by atoms with Crippen molar-refractivity contribution < 1.29 is 4.79 Å². The van der Waals surface area contributed by atoms with Crippen LogP contribution in [0.5, 0.6) is 0 Å². The number of benzene rings is 1. The zero-order chi connectivity index (χ0) is 14.5. The van der Waals surface area contributed by atoms with Crippen LogP contribution in [-0.2, 0) is 17.6 Å². The molecule has 2 rings (SSSR count). The molecule has 2 atom stereocenters. The van der Waals surface area contributed by atoms with E-state index in [-0.39, 0.29) is 11.9 Å². The number of para-hydroxylation sites is 1. The summed E-state index contributed by atoms with van der Waals surface area (Å²) in [5.74, 6) is 0.742. The summed E-state index contributed by atoms with van der Waals surface area (Å²) in [6.45, 7) is 7.42. The Morgan fingerprint density at radius 1 is 1.30 bits per heavy atom. The van der Waals surface area contributed by atoms with Crippen molar-refractivity contribution in [3.8, 4) is 0 Å². The summed E-state index contributed by atoms with van der Waals surface area (Å²) in [7, 11) is 0. The number of hydrogen-bond acceptors (Lipinski definition) is 2. The van der Waals surface area contributed by atoms with E-state index in [0.29, 0.717) is 5.92 Å². The highest BCUT2D eigenvalue weighted by atomic mass is 16.2. The number of rotatable bonds is 4. The Bertz CT molecular complexity index is 448. The number of amides is 1. The van der Waals surface area contributed by atoms with Gasteiger partial charge in [0.05, 0.1) is 6.04 Å². The maximum absolute atomic E-state index is 12.5. The van der Waals surface area contributed by atoms with Gasteiger partial charge in [-0.3, -0.25) is 4.79 Å². The molecule has 2 N–H and O–H groups in total. The van der Waals surface area contributed by atoms with Gasteiger partial charge in [-0.25, -0.2) is 0 Å². The molecular formula is C17H26N2O. The highest BCUT2D eigenvalue weighted by molar-refractivity contribution is 5.96. The molecular weight excluding hydrogens is 248 g/mol. The monoisotopic (exact) mass is 274 g/mol. The summed E-state index contributed by atoms with van der Waals surface area (Å²) in [4.78, 5) is 12.5. The van der Waals surface area contributed by atoms with E-state index in [1.54, 1.807) is 0 Å². The van der Waals surface area contributed by atoms with Crippen LogP contribution in [0.2, 0.25) is 0 Å². The van der Waals surface area contributed by atoms with Crippen LogP contribution in [0.15, 0.2) is 18.2 Å². The van der Waals surface area contributed by atoms with Crippen LogP contribution in [-0.4, -0.2) is 18.5 Å². The number of nitrogens with one attached hydrogen (secondary N) is 2. The van der Waals surface area contributed by atoms with E-state index in [4.69, 9.17) is 0 Å². The number of aryl methyl sites for hydroxylation is 2. The zero-order valence-electron chi connectivity index (χ0n) is 12.8. The van der Waals surface area contributed by atoms with Gasteiger partial charge < -0.3 is 10.6 Å². The zero-order valence-corrected chi connectivity index (χ0v) is 12.8. The third kappa shape index (κ3) is 3.40. The number of carbonyl (C=O) groups excluding carboxylic acids is 1. The molecule has 0 spiro atoms. The third-order valence-corrected chi connectivity index (χ3v) is 4.23. The molecule has 1 amide bonds. The van der Waals surface area contributed by atoms with Crippen LogP contribution in [0.25, 0.3) is 0 Å². The number of anilines is 1. The van der Waals surface area contributed by atoms with E-state index in [2.05, 4.69) is 49.6 Å². The Balaban J connectivity index is 2.14. The minimum absolute atomic E-state index is 0.0478. The molecule has 2 unspecified atom stereocenters. The Morgan fingerprint density at radius 2 is 1.95 bits per heavy atom. The maximum Gasteiger partial charge on any atom is 0.241 e.